The third kappa shape index (κ3) is 2.92. The summed E-state index contributed by atoms with van der Waals surface area (Å²) in [6.07, 6.45) is 1.87. The second-order valence-corrected chi connectivity index (χ2v) is 6.45. The van der Waals surface area contributed by atoms with Crippen molar-refractivity contribution in [2.45, 2.75) is 19.8 Å². The first-order chi connectivity index (χ1) is 9.76. The lowest BCUT2D eigenvalue weighted by molar-refractivity contribution is 0.969. The van der Waals surface area contributed by atoms with E-state index in [-0.39, 0.29) is 5.28 Å². The SMILES string of the molecule is CCc1cc2c(NCCc3cscn3)nc(Cl)nc2s1. The van der Waals surface area contributed by atoms with Crippen LogP contribution in [0.3, 0.4) is 0 Å². The third-order valence-corrected chi connectivity index (χ3v) is 4.90. The van der Waals surface area contributed by atoms with E-state index in [9.17, 15) is 0 Å². The Bertz CT molecular complexity index is 709. The zero-order chi connectivity index (χ0) is 13.9. The first-order valence-electron chi connectivity index (χ1n) is 6.33. The van der Waals surface area contributed by atoms with Crippen LogP contribution in [0.15, 0.2) is 17.0 Å². The minimum atomic E-state index is 0.290. The van der Waals surface area contributed by atoms with Crippen LogP contribution in [-0.2, 0) is 12.8 Å². The Morgan fingerprint density at radius 2 is 2.25 bits per heavy atom. The highest BCUT2D eigenvalue weighted by Crippen LogP contribution is 2.30. The van der Waals surface area contributed by atoms with E-state index in [2.05, 4.69) is 38.6 Å². The van der Waals surface area contributed by atoms with E-state index in [1.54, 1.807) is 22.7 Å². The molecule has 0 saturated heterocycles. The molecule has 0 atom stereocenters. The standard InChI is InChI=1S/C13H13ClN4S2/c1-2-9-5-10-11(17-13(14)18-12(10)20-9)15-4-3-8-6-19-7-16-8/h5-7H,2-4H2,1H3,(H,15,17,18). The lowest BCUT2D eigenvalue weighted by atomic mass is 10.3. The molecule has 3 aromatic heterocycles. The molecule has 0 aliphatic carbocycles. The van der Waals surface area contributed by atoms with Crippen molar-refractivity contribution in [1.82, 2.24) is 15.0 Å². The molecule has 1 N–H and O–H groups in total. The highest BCUT2D eigenvalue weighted by atomic mass is 35.5. The lowest BCUT2D eigenvalue weighted by Crippen LogP contribution is -2.07. The van der Waals surface area contributed by atoms with Gasteiger partial charge in [-0.3, -0.25) is 0 Å². The Kier molecular flexibility index (Phi) is 4.14. The largest absolute Gasteiger partial charge is 0.369 e. The van der Waals surface area contributed by atoms with Gasteiger partial charge in [0.1, 0.15) is 10.6 Å². The van der Waals surface area contributed by atoms with E-state index >= 15 is 0 Å². The quantitative estimate of drug-likeness (QED) is 0.720. The second-order valence-electron chi connectivity index (χ2n) is 4.28. The fraction of sp³-hybridized carbons (Fsp3) is 0.308. The van der Waals surface area contributed by atoms with Crippen molar-refractivity contribution in [3.05, 3.63) is 32.8 Å². The van der Waals surface area contributed by atoms with Gasteiger partial charge >= 0.3 is 0 Å². The predicted molar refractivity (Wildman–Crippen MR) is 86.1 cm³/mol. The maximum absolute atomic E-state index is 5.99. The molecule has 20 heavy (non-hydrogen) atoms. The van der Waals surface area contributed by atoms with Crippen molar-refractivity contribution < 1.29 is 0 Å². The number of nitrogens with zero attached hydrogens (tertiary/aromatic N) is 3. The number of rotatable bonds is 5. The van der Waals surface area contributed by atoms with Gasteiger partial charge in [0.05, 0.1) is 16.6 Å². The summed E-state index contributed by atoms with van der Waals surface area (Å²) < 4.78 is 0. The van der Waals surface area contributed by atoms with Crippen LogP contribution in [-0.4, -0.2) is 21.5 Å². The number of hydrogen-bond donors (Lipinski definition) is 1. The number of nitrogens with one attached hydrogen (secondary N) is 1. The van der Waals surface area contributed by atoms with E-state index in [1.807, 2.05) is 5.51 Å². The topological polar surface area (TPSA) is 50.7 Å². The molecule has 0 aromatic carbocycles. The molecule has 0 bridgehead atoms. The van der Waals surface area contributed by atoms with Gasteiger partial charge in [-0.25, -0.2) is 15.0 Å². The number of anilines is 1. The number of fused-ring (bicyclic) bond motifs is 1. The van der Waals surface area contributed by atoms with Gasteiger partial charge in [-0.2, -0.15) is 0 Å². The van der Waals surface area contributed by atoms with Gasteiger partial charge in [-0.1, -0.05) is 6.92 Å². The zero-order valence-corrected chi connectivity index (χ0v) is 13.3. The van der Waals surface area contributed by atoms with Crippen molar-refractivity contribution in [3.63, 3.8) is 0 Å². The molecule has 3 rings (SSSR count). The van der Waals surface area contributed by atoms with E-state index in [0.717, 1.165) is 41.1 Å². The number of hydrogen-bond acceptors (Lipinski definition) is 6. The average Bonchev–Trinajstić information content (AvgIpc) is 3.06. The Morgan fingerprint density at radius 3 is 3.00 bits per heavy atom. The number of aromatic nitrogens is 3. The number of thiophene rings is 1. The van der Waals surface area contributed by atoms with Crippen LogP contribution in [0.5, 0.6) is 0 Å². The fourth-order valence-electron chi connectivity index (χ4n) is 1.92. The summed E-state index contributed by atoms with van der Waals surface area (Å²) in [7, 11) is 0. The van der Waals surface area contributed by atoms with Crippen LogP contribution in [0.25, 0.3) is 10.2 Å². The molecule has 4 nitrogen and oxygen atoms in total. The summed E-state index contributed by atoms with van der Waals surface area (Å²) in [5.41, 5.74) is 2.94. The van der Waals surface area contributed by atoms with E-state index in [1.165, 1.54) is 4.88 Å². The first kappa shape index (κ1) is 13.7. The number of halogens is 1. The Balaban J connectivity index is 1.80. The van der Waals surface area contributed by atoms with Crippen LogP contribution in [0.4, 0.5) is 5.82 Å². The molecular weight excluding hydrogens is 312 g/mol. The monoisotopic (exact) mass is 324 g/mol. The normalized spacial score (nSPS) is 11.1. The maximum Gasteiger partial charge on any atom is 0.225 e. The molecule has 0 unspecified atom stereocenters. The van der Waals surface area contributed by atoms with Gasteiger partial charge in [-0.05, 0) is 24.1 Å². The van der Waals surface area contributed by atoms with Crippen LogP contribution < -0.4 is 5.32 Å². The van der Waals surface area contributed by atoms with Crippen molar-refractivity contribution >= 4 is 50.3 Å². The Morgan fingerprint density at radius 1 is 1.35 bits per heavy atom. The van der Waals surface area contributed by atoms with Crippen molar-refractivity contribution in [3.8, 4) is 0 Å². The summed E-state index contributed by atoms with van der Waals surface area (Å²) in [6, 6.07) is 2.14. The van der Waals surface area contributed by atoms with Crippen LogP contribution >= 0.6 is 34.3 Å². The van der Waals surface area contributed by atoms with Crippen LogP contribution in [0, 0.1) is 0 Å². The molecule has 0 saturated carbocycles. The molecule has 104 valence electrons. The van der Waals surface area contributed by atoms with Crippen molar-refractivity contribution in [1.29, 1.82) is 0 Å². The van der Waals surface area contributed by atoms with Crippen molar-refractivity contribution in [2.75, 3.05) is 11.9 Å². The van der Waals surface area contributed by atoms with E-state index in [4.69, 9.17) is 11.6 Å². The second kappa shape index (κ2) is 6.03. The molecule has 0 spiro atoms. The van der Waals surface area contributed by atoms with Crippen molar-refractivity contribution in [2.24, 2.45) is 0 Å². The summed E-state index contributed by atoms with van der Waals surface area (Å²) >= 11 is 9.27. The molecule has 0 aliphatic rings. The molecule has 0 amide bonds. The smallest absolute Gasteiger partial charge is 0.225 e. The van der Waals surface area contributed by atoms with Crippen LogP contribution in [0.2, 0.25) is 5.28 Å². The van der Waals surface area contributed by atoms with Gasteiger partial charge in [0.2, 0.25) is 5.28 Å². The Labute approximate surface area is 129 Å². The van der Waals surface area contributed by atoms with Gasteiger partial charge in [0.25, 0.3) is 0 Å². The molecule has 3 aromatic rings. The van der Waals surface area contributed by atoms with Crippen LogP contribution in [0.1, 0.15) is 17.5 Å². The minimum Gasteiger partial charge on any atom is -0.369 e. The van der Waals surface area contributed by atoms with Gasteiger partial charge in [0.15, 0.2) is 0 Å². The summed E-state index contributed by atoms with van der Waals surface area (Å²) in [4.78, 5) is 15.1. The molecule has 0 aliphatic heterocycles. The molecule has 0 radical (unpaired) electrons. The summed E-state index contributed by atoms with van der Waals surface area (Å²) in [5, 5.41) is 6.74. The van der Waals surface area contributed by atoms with Gasteiger partial charge < -0.3 is 5.32 Å². The third-order valence-electron chi connectivity index (χ3n) is 2.92. The predicted octanol–water partition coefficient (Wildman–Crippen LogP) is 4.02. The lowest BCUT2D eigenvalue weighted by Gasteiger charge is -2.05. The molecular formula is C13H13ClN4S2. The highest BCUT2D eigenvalue weighted by molar-refractivity contribution is 7.18. The fourth-order valence-corrected chi connectivity index (χ4v) is 3.70. The Hall–Kier alpha value is -1.24. The first-order valence-corrected chi connectivity index (χ1v) is 8.47. The minimum absolute atomic E-state index is 0.290. The maximum atomic E-state index is 5.99. The van der Waals surface area contributed by atoms with Gasteiger partial charge in [0, 0.05) is 23.2 Å². The van der Waals surface area contributed by atoms with Gasteiger partial charge in [-0.15, -0.1) is 22.7 Å². The average molecular weight is 325 g/mol. The van der Waals surface area contributed by atoms with E-state index in [0.29, 0.717) is 0 Å². The molecule has 3 heterocycles. The highest BCUT2D eigenvalue weighted by Gasteiger charge is 2.10. The summed E-state index contributed by atoms with van der Waals surface area (Å²) in [6.45, 7) is 2.92. The van der Waals surface area contributed by atoms with E-state index < -0.39 is 0 Å². The molecule has 0 fully saturated rings. The molecule has 7 heteroatoms. The number of aryl methyl sites for hydroxylation is 1. The number of thiazole rings is 1. The summed E-state index contributed by atoms with van der Waals surface area (Å²) in [5.74, 6) is 0.811. The zero-order valence-electron chi connectivity index (χ0n) is 10.9.